The number of hydrogen-bond acceptors (Lipinski definition) is 4. The van der Waals surface area contributed by atoms with E-state index >= 15 is 0 Å². The molecule has 0 heterocycles. The minimum absolute atomic E-state index is 0.170. The van der Waals surface area contributed by atoms with Crippen LogP contribution in [0.3, 0.4) is 0 Å². The number of nitrogens with one attached hydrogen (secondary N) is 1. The normalized spacial score (nSPS) is 11.4. The second-order valence-corrected chi connectivity index (χ2v) is 5.30. The molecule has 2 aromatic carbocycles. The summed E-state index contributed by atoms with van der Waals surface area (Å²) < 4.78 is 37.3. The summed E-state index contributed by atoms with van der Waals surface area (Å²) in [6.07, 6.45) is -3.97. The van der Waals surface area contributed by atoms with E-state index in [-0.39, 0.29) is 5.69 Å². The molecule has 132 valence electrons. The standard InChI is InChI=1S/C17H16F3N3O2/c1-23(2)15-9-3-12(4-10-15)11-21-25-16(24)22-14-7-5-13(6-8-14)17(18,19)20/h3-11H,1-2H3,(H,22,24). The van der Waals surface area contributed by atoms with Gasteiger partial charge in [-0.05, 0) is 42.0 Å². The van der Waals surface area contributed by atoms with E-state index in [0.29, 0.717) is 0 Å². The topological polar surface area (TPSA) is 53.9 Å². The van der Waals surface area contributed by atoms with Gasteiger partial charge in [0, 0.05) is 25.5 Å². The van der Waals surface area contributed by atoms with Crippen molar-refractivity contribution in [3.63, 3.8) is 0 Å². The molecule has 0 fully saturated rings. The number of amides is 1. The van der Waals surface area contributed by atoms with Gasteiger partial charge in [-0.2, -0.15) is 13.2 Å². The van der Waals surface area contributed by atoms with E-state index in [0.717, 1.165) is 35.5 Å². The van der Waals surface area contributed by atoms with Crippen LogP contribution < -0.4 is 10.2 Å². The first-order valence-electron chi connectivity index (χ1n) is 7.22. The maximum absolute atomic E-state index is 12.4. The van der Waals surface area contributed by atoms with E-state index in [4.69, 9.17) is 0 Å². The number of halogens is 3. The van der Waals surface area contributed by atoms with Gasteiger partial charge < -0.3 is 4.90 Å². The van der Waals surface area contributed by atoms with Crippen LogP contribution in [-0.2, 0) is 11.0 Å². The van der Waals surface area contributed by atoms with E-state index in [1.807, 2.05) is 31.1 Å². The van der Waals surface area contributed by atoms with Gasteiger partial charge in [-0.3, -0.25) is 10.2 Å². The summed E-state index contributed by atoms with van der Waals surface area (Å²) in [7, 11) is 3.83. The van der Waals surface area contributed by atoms with Gasteiger partial charge in [-0.1, -0.05) is 17.3 Å². The second-order valence-electron chi connectivity index (χ2n) is 5.30. The Morgan fingerprint density at radius 1 is 1.08 bits per heavy atom. The Bertz CT molecular complexity index is 739. The Morgan fingerprint density at radius 3 is 2.20 bits per heavy atom. The van der Waals surface area contributed by atoms with E-state index < -0.39 is 17.8 Å². The van der Waals surface area contributed by atoms with Crippen LogP contribution in [0, 0.1) is 0 Å². The quantitative estimate of drug-likeness (QED) is 0.506. The first kappa shape index (κ1) is 18.3. The molecule has 0 aliphatic carbocycles. The van der Waals surface area contributed by atoms with Crippen LogP contribution in [-0.4, -0.2) is 26.4 Å². The van der Waals surface area contributed by atoms with Crippen LogP contribution in [0.5, 0.6) is 0 Å². The largest absolute Gasteiger partial charge is 0.437 e. The molecular weight excluding hydrogens is 335 g/mol. The van der Waals surface area contributed by atoms with Gasteiger partial charge in [0.1, 0.15) is 0 Å². The van der Waals surface area contributed by atoms with Crippen molar-refractivity contribution in [3.8, 4) is 0 Å². The van der Waals surface area contributed by atoms with Crippen molar-refractivity contribution in [1.82, 2.24) is 0 Å². The van der Waals surface area contributed by atoms with Crippen molar-refractivity contribution < 1.29 is 22.8 Å². The van der Waals surface area contributed by atoms with Crippen LogP contribution in [0.1, 0.15) is 11.1 Å². The van der Waals surface area contributed by atoms with Crippen molar-refractivity contribution >= 4 is 23.7 Å². The number of hydrogen-bond donors (Lipinski definition) is 1. The maximum Gasteiger partial charge on any atom is 0.437 e. The van der Waals surface area contributed by atoms with Gasteiger partial charge in [-0.15, -0.1) is 0 Å². The van der Waals surface area contributed by atoms with E-state index in [1.54, 1.807) is 12.1 Å². The van der Waals surface area contributed by atoms with Crippen LogP contribution in [0.2, 0.25) is 0 Å². The Balaban J connectivity index is 1.87. The number of carbonyl (C=O) groups excluding carboxylic acids is 1. The summed E-state index contributed by atoms with van der Waals surface area (Å²) in [5, 5.41) is 5.82. The van der Waals surface area contributed by atoms with Crippen molar-refractivity contribution in [2.24, 2.45) is 5.16 Å². The lowest BCUT2D eigenvalue weighted by atomic mass is 10.2. The van der Waals surface area contributed by atoms with Crippen molar-refractivity contribution in [1.29, 1.82) is 0 Å². The van der Waals surface area contributed by atoms with Gasteiger partial charge in [0.15, 0.2) is 0 Å². The predicted molar refractivity (Wildman–Crippen MR) is 89.9 cm³/mol. The smallest absolute Gasteiger partial charge is 0.378 e. The lowest BCUT2D eigenvalue weighted by molar-refractivity contribution is -0.137. The third kappa shape index (κ3) is 5.52. The Hall–Kier alpha value is -3.03. The van der Waals surface area contributed by atoms with E-state index in [2.05, 4.69) is 15.3 Å². The summed E-state index contributed by atoms with van der Waals surface area (Å²) in [6.45, 7) is 0. The lowest BCUT2D eigenvalue weighted by Gasteiger charge is -2.11. The zero-order valence-electron chi connectivity index (χ0n) is 13.5. The maximum atomic E-state index is 12.4. The lowest BCUT2D eigenvalue weighted by Crippen LogP contribution is -2.11. The summed E-state index contributed by atoms with van der Waals surface area (Å²) in [6, 6.07) is 11.4. The molecule has 25 heavy (non-hydrogen) atoms. The molecule has 5 nitrogen and oxygen atoms in total. The van der Waals surface area contributed by atoms with Crippen LogP contribution in [0.4, 0.5) is 29.3 Å². The first-order chi connectivity index (χ1) is 11.8. The molecule has 0 saturated heterocycles. The molecule has 0 radical (unpaired) electrons. The second kappa shape index (κ2) is 7.69. The SMILES string of the molecule is CN(C)c1ccc(C=NOC(=O)Nc2ccc(C(F)(F)F)cc2)cc1. The molecule has 0 aromatic heterocycles. The fourth-order valence-corrected chi connectivity index (χ4v) is 1.88. The number of carbonyl (C=O) groups is 1. The average Bonchev–Trinajstić information content (AvgIpc) is 2.55. The Morgan fingerprint density at radius 2 is 1.68 bits per heavy atom. The molecule has 0 aliphatic rings. The molecule has 0 saturated carbocycles. The zero-order chi connectivity index (χ0) is 18.4. The van der Waals surface area contributed by atoms with Gasteiger partial charge in [0.2, 0.25) is 0 Å². The molecule has 0 spiro atoms. The number of rotatable bonds is 4. The van der Waals surface area contributed by atoms with Crippen LogP contribution in [0.25, 0.3) is 0 Å². The molecule has 0 atom stereocenters. The van der Waals surface area contributed by atoms with Crippen molar-refractivity contribution in [2.45, 2.75) is 6.18 Å². The molecule has 2 rings (SSSR count). The highest BCUT2D eigenvalue weighted by Gasteiger charge is 2.29. The Kier molecular flexibility index (Phi) is 5.63. The van der Waals surface area contributed by atoms with Crippen molar-refractivity contribution in [2.75, 3.05) is 24.3 Å². The minimum Gasteiger partial charge on any atom is -0.378 e. The van der Waals surface area contributed by atoms with E-state index in [9.17, 15) is 18.0 Å². The number of nitrogens with zero attached hydrogens (tertiary/aromatic N) is 2. The number of anilines is 2. The van der Waals surface area contributed by atoms with E-state index in [1.165, 1.54) is 6.21 Å². The molecule has 1 amide bonds. The molecule has 0 aliphatic heterocycles. The van der Waals surface area contributed by atoms with Crippen LogP contribution in [0.15, 0.2) is 53.7 Å². The van der Waals surface area contributed by atoms with Gasteiger partial charge in [0.25, 0.3) is 0 Å². The summed E-state index contributed by atoms with van der Waals surface area (Å²) >= 11 is 0. The average molecular weight is 351 g/mol. The fraction of sp³-hybridized carbons (Fsp3) is 0.176. The number of benzene rings is 2. The third-order valence-corrected chi connectivity index (χ3v) is 3.21. The van der Waals surface area contributed by atoms with Crippen LogP contribution >= 0.6 is 0 Å². The highest BCUT2D eigenvalue weighted by molar-refractivity contribution is 5.86. The molecule has 2 aromatic rings. The number of alkyl halides is 3. The molecule has 1 N–H and O–H groups in total. The summed E-state index contributed by atoms with van der Waals surface area (Å²) in [5.41, 5.74) is 1.11. The zero-order valence-corrected chi connectivity index (χ0v) is 13.5. The molecule has 8 heteroatoms. The monoisotopic (exact) mass is 351 g/mol. The fourth-order valence-electron chi connectivity index (χ4n) is 1.88. The molecular formula is C17H16F3N3O2. The summed E-state index contributed by atoms with van der Waals surface area (Å²) in [4.78, 5) is 18.1. The minimum atomic E-state index is -4.43. The molecule has 0 unspecified atom stereocenters. The highest BCUT2D eigenvalue weighted by Crippen LogP contribution is 2.29. The van der Waals surface area contributed by atoms with Gasteiger partial charge in [-0.25, -0.2) is 4.79 Å². The first-order valence-corrected chi connectivity index (χ1v) is 7.22. The van der Waals surface area contributed by atoms with Gasteiger partial charge in [0.05, 0.1) is 11.8 Å². The summed E-state index contributed by atoms with van der Waals surface area (Å²) in [5.74, 6) is 0. The predicted octanol–water partition coefficient (Wildman–Crippen LogP) is 4.35. The highest BCUT2D eigenvalue weighted by atomic mass is 19.4. The molecule has 0 bridgehead atoms. The van der Waals surface area contributed by atoms with Crippen molar-refractivity contribution in [3.05, 3.63) is 59.7 Å². The third-order valence-electron chi connectivity index (χ3n) is 3.21. The van der Waals surface area contributed by atoms with Gasteiger partial charge >= 0.3 is 12.3 Å². The number of oxime groups is 1. The Labute approximate surface area is 142 Å².